The molecule has 0 unspecified atom stereocenters. The fourth-order valence-corrected chi connectivity index (χ4v) is 3.66. The number of rotatable bonds is 7. The van der Waals surface area contributed by atoms with Crippen molar-refractivity contribution in [3.63, 3.8) is 0 Å². The summed E-state index contributed by atoms with van der Waals surface area (Å²) >= 11 is 0. The van der Waals surface area contributed by atoms with E-state index in [1.165, 1.54) is 4.57 Å². The van der Waals surface area contributed by atoms with E-state index in [9.17, 15) is 14.4 Å². The van der Waals surface area contributed by atoms with Crippen LogP contribution in [0.4, 0.5) is 0 Å². The van der Waals surface area contributed by atoms with Gasteiger partial charge in [-0.2, -0.15) is 0 Å². The molecule has 0 saturated heterocycles. The number of aromatic nitrogens is 5. The van der Waals surface area contributed by atoms with Crippen molar-refractivity contribution in [1.82, 2.24) is 29.0 Å². The number of imidazole rings is 1. The van der Waals surface area contributed by atoms with Crippen LogP contribution in [-0.2, 0) is 24.4 Å². The van der Waals surface area contributed by atoms with E-state index in [1.807, 2.05) is 43.3 Å². The number of carbonyl (C=O) groups is 1. The van der Waals surface area contributed by atoms with Crippen LogP contribution in [0.5, 0.6) is 0 Å². The van der Waals surface area contributed by atoms with Crippen LogP contribution in [0.3, 0.4) is 0 Å². The molecule has 32 heavy (non-hydrogen) atoms. The molecule has 0 radical (unpaired) electrons. The lowest BCUT2D eigenvalue weighted by molar-refractivity contribution is -0.122. The summed E-state index contributed by atoms with van der Waals surface area (Å²) in [5.74, 6) is -0.449. The summed E-state index contributed by atoms with van der Waals surface area (Å²) in [6, 6.07) is 14.5. The fraction of sp³-hybridized carbons (Fsp3) is 0.261. The molecule has 3 heterocycles. The van der Waals surface area contributed by atoms with Crippen molar-refractivity contribution < 1.29 is 4.79 Å². The van der Waals surface area contributed by atoms with Gasteiger partial charge in [-0.15, -0.1) is 0 Å². The van der Waals surface area contributed by atoms with Crippen LogP contribution in [0.2, 0.25) is 0 Å². The Morgan fingerprint density at radius 3 is 2.47 bits per heavy atom. The molecule has 1 aromatic carbocycles. The first-order chi connectivity index (χ1) is 15.5. The monoisotopic (exact) mass is 432 g/mol. The number of hydrogen-bond acceptors (Lipinski definition) is 5. The highest BCUT2D eigenvalue weighted by Crippen LogP contribution is 2.10. The third kappa shape index (κ3) is 4.09. The molecule has 9 nitrogen and oxygen atoms in total. The molecule has 1 atom stereocenters. The molecule has 164 valence electrons. The third-order valence-corrected chi connectivity index (χ3v) is 5.32. The van der Waals surface area contributed by atoms with Gasteiger partial charge in [-0.25, -0.2) is 14.3 Å². The zero-order chi connectivity index (χ0) is 22.7. The normalized spacial score (nSPS) is 12.1. The molecular formula is C23H24N6O3. The summed E-state index contributed by atoms with van der Waals surface area (Å²) < 4.78 is 4.09. The lowest BCUT2D eigenvalue weighted by Gasteiger charge is -2.15. The van der Waals surface area contributed by atoms with E-state index in [0.717, 1.165) is 10.1 Å². The van der Waals surface area contributed by atoms with Gasteiger partial charge in [-0.1, -0.05) is 36.4 Å². The summed E-state index contributed by atoms with van der Waals surface area (Å²) in [5.41, 5.74) is 1.08. The number of benzene rings is 1. The second kappa shape index (κ2) is 9.01. The predicted molar refractivity (Wildman–Crippen MR) is 120 cm³/mol. The van der Waals surface area contributed by atoms with E-state index in [0.29, 0.717) is 23.4 Å². The van der Waals surface area contributed by atoms with E-state index in [2.05, 4.69) is 15.3 Å². The smallest absolute Gasteiger partial charge is 0.333 e. The number of amides is 1. The van der Waals surface area contributed by atoms with Crippen molar-refractivity contribution in [2.24, 2.45) is 0 Å². The minimum Gasteiger partial charge on any atom is -0.346 e. The maximum absolute atomic E-state index is 13.3. The second-order valence-electron chi connectivity index (χ2n) is 7.49. The van der Waals surface area contributed by atoms with Gasteiger partial charge in [0.25, 0.3) is 5.56 Å². The summed E-state index contributed by atoms with van der Waals surface area (Å²) in [6.07, 6.45) is 3.19. The molecule has 0 spiro atoms. The maximum Gasteiger partial charge on any atom is 0.333 e. The van der Waals surface area contributed by atoms with Crippen LogP contribution in [0.25, 0.3) is 11.2 Å². The Bertz CT molecular complexity index is 1360. The van der Waals surface area contributed by atoms with Crippen LogP contribution in [0.15, 0.2) is 70.6 Å². The van der Waals surface area contributed by atoms with Crippen molar-refractivity contribution in [2.45, 2.75) is 39.5 Å². The number of pyridine rings is 1. The lowest BCUT2D eigenvalue weighted by Crippen LogP contribution is -2.44. The van der Waals surface area contributed by atoms with Crippen LogP contribution < -0.4 is 16.6 Å². The molecule has 0 saturated carbocycles. The molecule has 9 heteroatoms. The van der Waals surface area contributed by atoms with Crippen molar-refractivity contribution in [3.8, 4) is 0 Å². The van der Waals surface area contributed by atoms with Crippen LogP contribution >= 0.6 is 0 Å². The summed E-state index contributed by atoms with van der Waals surface area (Å²) in [6.45, 7) is 4.04. The standard InChI is InChI=1S/C23H24N6O3/c1-3-27-15-25-21-20(27)22(31)29(23(32)28(21)13-17-9-5-4-6-10-17)14-19(30)26-16(2)18-11-7-8-12-24-18/h4-12,15-16H,3,13-14H2,1-2H3,(H,26,30)/t16-/m0/s1. The molecule has 0 aliphatic carbocycles. The molecule has 1 N–H and O–H groups in total. The van der Waals surface area contributed by atoms with Gasteiger partial charge in [0.05, 0.1) is 24.6 Å². The first kappa shape index (κ1) is 21.2. The molecule has 0 aliphatic rings. The number of carbonyl (C=O) groups excluding carboxylic acids is 1. The zero-order valence-corrected chi connectivity index (χ0v) is 17.9. The Kier molecular flexibility index (Phi) is 5.98. The summed E-state index contributed by atoms with van der Waals surface area (Å²) in [7, 11) is 0. The van der Waals surface area contributed by atoms with Gasteiger partial charge in [-0.3, -0.25) is 19.1 Å². The van der Waals surface area contributed by atoms with Crippen LogP contribution in [0, 0.1) is 0 Å². The minimum absolute atomic E-state index is 0.239. The molecule has 0 fully saturated rings. The average Bonchev–Trinajstić information content (AvgIpc) is 3.25. The molecule has 4 aromatic rings. The van der Waals surface area contributed by atoms with Crippen molar-refractivity contribution in [1.29, 1.82) is 0 Å². The Balaban J connectivity index is 1.73. The Morgan fingerprint density at radius 2 is 1.78 bits per heavy atom. The molecule has 1 amide bonds. The Labute approximate surface area is 184 Å². The number of fused-ring (bicyclic) bond motifs is 1. The highest BCUT2D eigenvalue weighted by molar-refractivity contribution is 5.77. The van der Waals surface area contributed by atoms with Gasteiger partial charge >= 0.3 is 5.69 Å². The van der Waals surface area contributed by atoms with Gasteiger partial charge in [0.15, 0.2) is 11.2 Å². The van der Waals surface area contributed by atoms with E-state index >= 15 is 0 Å². The van der Waals surface area contributed by atoms with Crippen LogP contribution in [-0.4, -0.2) is 29.6 Å². The first-order valence-electron chi connectivity index (χ1n) is 10.4. The van der Waals surface area contributed by atoms with Gasteiger partial charge in [0.1, 0.15) is 6.54 Å². The summed E-state index contributed by atoms with van der Waals surface area (Å²) in [4.78, 5) is 47.7. The lowest BCUT2D eigenvalue weighted by atomic mass is 10.2. The van der Waals surface area contributed by atoms with Crippen LogP contribution in [0.1, 0.15) is 31.1 Å². The fourth-order valence-electron chi connectivity index (χ4n) is 3.66. The molecule has 3 aromatic heterocycles. The number of aryl methyl sites for hydroxylation is 1. The molecule has 4 rings (SSSR count). The second-order valence-corrected chi connectivity index (χ2v) is 7.49. The van der Waals surface area contributed by atoms with E-state index in [4.69, 9.17) is 0 Å². The highest BCUT2D eigenvalue weighted by atomic mass is 16.2. The minimum atomic E-state index is -0.576. The number of nitrogens with zero attached hydrogens (tertiary/aromatic N) is 5. The predicted octanol–water partition coefficient (Wildman–Crippen LogP) is 1.70. The number of hydrogen-bond donors (Lipinski definition) is 1. The third-order valence-electron chi connectivity index (χ3n) is 5.32. The molecule has 0 aliphatic heterocycles. The van der Waals surface area contributed by atoms with E-state index in [-0.39, 0.29) is 12.6 Å². The van der Waals surface area contributed by atoms with Gasteiger partial charge in [0.2, 0.25) is 5.91 Å². The Morgan fingerprint density at radius 1 is 1.03 bits per heavy atom. The topological polar surface area (TPSA) is 104 Å². The maximum atomic E-state index is 13.3. The van der Waals surface area contributed by atoms with Gasteiger partial charge in [0, 0.05) is 12.7 Å². The zero-order valence-electron chi connectivity index (χ0n) is 17.9. The van der Waals surface area contributed by atoms with Crippen molar-refractivity contribution in [2.75, 3.05) is 0 Å². The van der Waals surface area contributed by atoms with Crippen molar-refractivity contribution in [3.05, 3.63) is 93.2 Å². The molecule has 0 bridgehead atoms. The highest BCUT2D eigenvalue weighted by Gasteiger charge is 2.20. The van der Waals surface area contributed by atoms with Gasteiger partial charge < -0.3 is 9.88 Å². The summed E-state index contributed by atoms with van der Waals surface area (Å²) in [5, 5.41) is 2.81. The Hall–Kier alpha value is -4.01. The van der Waals surface area contributed by atoms with E-state index < -0.39 is 23.7 Å². The molecular weight excluding hydrogens is 408 g/mol. The largest absolute Gasteiger partial charge is 0.346 e. The van der Waals surface area contributed by atoms with Gasteiger partial charge in [-0.05, 0) is 31.5 Å². The number of nitrogens with one attached hydrogen (secondary N) is 1. The quantitative estimate of drug-likeness (QED) is 0.479. The average molecular weight is 432 g/mol. The SMILES string of the molecule is CCn1cnc2c1c(=O)n(CC(=O)N[C@@H](C)c1ccccn1)c(=O)n2Cc1ccccc1. The van der Waals surface area contributed by atoms with E-state index in [1.54, 1.807) is 36.1 Å². The van der Waals surface area contributed by atoms with Crippen molar-refractivity contribution >= 4 is 17.1 Å². The first-order valence-corrected chi connectivity index (χ1v) is 10.4.